The first-order chi connectivity index (χ1) is 14.5. The second kappa shape index (κ2) is 8.82. The zero-order valence-electron chi connectivity index (χ0n) is 17.9. The molecule has 1 aliphatic carbocycles. The summed E-state index contributed by atoms with van der Waals surface area (Å²) in [7, 11) is 0. The van der Waals surface area contributed by atoms with E-state index in [2.05, 4.69) is 42.1 Å². The Morgan fingerprint density at radius 2 is 2.03 bits per heavy atom. The number of hydrogen-bond acceptors (Lipinski definition) is 3. The van der Waals surface area contributed by atoms with Crippen molar-refractivity contribution >= 4 is 16.9 Å². The minimum atomic E-state index is 0.00201. The monoisotopic (exact) mass is 402 g/mol. The molecule has 156 valence electrons. The normalized spacial score (nSPS) is 21.6. The first kappa shape index (κ1) is 20.3. The predicted octanol–water partition coefficient (Wildman–Crippen LogP) is 4.79. The van der Waals surface area contributed by atoms with E-state index in [-0.39, 0.29) is 5.91 Å². The highest BCUT2D eigenvalue weighted by Crippen LogP contribution is 2.38. The summed E-state index contributed by atoms with van der Waals surface area (Å²) in [6.07, 6.45) is 8.01. The number of nitrogens with zero attached hydrogens (tertiary/aromatic N) is 2. The number of carbonyl (C=O) groups excluding carboxylic acids is 1. The van der Waals surface area contributed by atoms with Crippen LogP contribution in [0.1, 0.15) is 43.4 Å². The van der Waals surface area contributed by atoms with Crippen LogP contribution < -0.4 is 5.32 Å². The van der Waals surface area contributed by atoms with Crippen LogP contribution in [0.3, 0.4) is 0 Å². The van der Waals surface area contributed by atoms with Crippen LogP contribution in [0.5, 0.6) is 0 Å². The van der Waals surface area contributed by atoms with Gasteiger partial charge in [0.05, 0.1) is 17.2 Å². The Bertz CT molecular complexity index is 1000. The molecule has 0 unspecified atom stereocenters. The van der Waals surface area contributed by atoms with Crippen molar-refractivity contribution in [3.63, 3.8) is 0 Å². The number of aromatic amines is 1. The summed E-state index contributed by atoms with van der Waals surface area (Å²) in [6.45, 7) is 7.47. The Balaban J connectivity index is 1.46. The van der Waals surface area contributed by atoms with Crippen molar-refractivity contribution in [2.24, 2.45) is 23.7 Å². The summed E-state index contributed by atoms with van der Waals surface area (Å²) < 4.78 is 0. The zero-order chi connectivity index (χ0) is 21.1. The fourth-order valence-corrected chi connectivity index (χ4v) is 4.65. The first-order valence-corrected chi connectivity index (χ1v) is 10.8. The summed E-state index contributed by atoms with van der Waals surface area (Å²) in [5, 5.41) is 3.15. The molecule has 0 radical (unpaired) electrons. The molecular weight excluding hydrogens is 372 g/mol. The van der Waals surface area contributed by atoms with E-state index in [0.717, 1.165) is 29.7 Å². The number of allylic oxidation sites excluding steroid dienone is 1. The van der Waals surface area contributed by atoms with E-state index < -0.39 is 0 Å². The van der Waals surface area contributed by atoms with Gasteiger partial charge in [-0.15, -0.1) is 0 Å². The fraction of sp³-hybridized carbons (Fsp3) is 0.400. The lowest BCUT2D eigenvalue weighted by Crippen LogP contribution is -2.37. The van der Waals surface area contributed by atoms with Crippen LogP contribution in [-0.4, -0.2) is 27.4 Å². The minimum Gasteiger partial charge on any atom is -0.351 e. The standard InChI is InChI=1S/C25H30N4O/c1-16(2)21-12-19(13-24-28-22-9-10-26-15-23(22)29-24)17(3)11-20(21)14-27-25(30)18-7-5-4-6-8-18/h4-11,15-16,19-21H,12-14H2,1-3H3,(H,27,30)(H,28,29)/t19-,20-,21-/m0/s1. The van der Waals surface area contributed by atoms with Crippen LogP contribution >= 0.6 is 0 Å². The van der Waals surface area contributed by atoms with Crippen molar-refractivity contribution in [3.8, 4) is 0 Å². The maximum absolute atomic E-state index is 12.5. The Hall–Kier alpha value is -2.95. The Labute approximate surface area is 178 Å². The number of fused-ring (bicyclic) bond motifs is 1. The van der Waals surface area contributed by atoms with E-state index in [0.29, 0.717) is 35.8 Å². The molecular formula is C25H30N4O. The molecule has 2 N–H and O–H groups in total. The number of aromatic nitrogens is 3. The molecule has 0 bridgehead atoms. The number of nitrogens with one attached hydrogen (secondary N) is 2. The van der Waals surface area contributed by atoms with Crippen LogP contribution in [0.25, 0.3) is 11.0 Å². The Morgan fingerprint density at radius 1 is 1.23 bits per heavy atom. The molecule has 0 spiro atoms. The van der Waals surface area contributed by atoms with Gasteiger partial charge >= 0.3 is 0 Å². The first-order valence-electron chi connectivity index (χ1n) is 10.8. The molecule has 3 aromatic rings. The molecule has 0 saturated carbocycles. The second-order valence-corrected chi connectivity index (χ2v) is 8.77. The van der Waals surface area contributed by atoms with Crippen molar-refractivity contribution in [3.05, 3.63) is 71.8 Å². The highest BCUT2D eigenvalue weighted by Gasteiger charge is 2.32. The van der Waals surface area contributed by atoms with Gasteiger partial charge in [0.2, 0.25) is 0 Å². The molecule has 4 rings (SSSR count). The third-order valence-corrected chi connectivity index (χ3v) is 6.39. The Kier molecular flexibility index (Phi) is 5.98. The lowest BCUT2D eigenvalue weighted by Gasteiger charge is -2.37. The summed E-state index contributed by atoms with van der Waals surface area (Å²) >= 11 is 0. The van der Waals surface area contributed by atoms with Gasteiger partial charge in [0.15, 0.2) is 0 Å². The average molecular weight is 403 g/mol. The summed E-state index contributed by atoms with van der Waals surface area (Å²) in [5.74, 6) is 2.92. The number of carbonyl (C=O) groups is 1. The smallest absolute Gasteiger partial charge is 0.251 e. The summed E-state index contributed by atoms with van der Waals surface area (Å²) in [5.41, 5.74) is 4.07. The maximum atomic E-state index is 12.5. The topological polar surface area (TPSA) is 70.7 Å². The van der Waals surface area contributed by atoms with E-state index in [1.807, 2.05) is 42.6 Å². The van der Waals surface area contributed by atoms with Gasteiger partial charge in [0, 0.05) is 24.7 Å². The predicted molar refractivity (Wildman–Crippen MR) is 120 cm³/mol. The molecule has 0 fully saturated rings. The molecule has 1 amide bonds. The van der Waals surface area contributed by atoms with E-state index in [1.54, 1.807) is 6.20 Å². The van der Waals surface area contributed by atoms with Gasteiger partial charge < -0.3 is 10.3 Å². The number of pyridine rings is 1. The lowest BCUT2D eigenvalue weighted by molar-refractivity contribution is 0.0939. The molecule has 0 saturated heterocycles. The van der Waals surface area contributed by atoms with Crippen LogP contribution in [0, 0.1) is 23.7 Å². The van der Waals surface area contributed by atoms with Gasteiger partial charge in [0.1, 0.15) is 5.82 Å². The molecule has 1 aromatic carbocycles. The van der Waals surface area contributed by atoms with Crippen molar-refractivity contribution in [1.29, 1.82) is 0 Å². The van der Waals surface area contributed by atoms with Crippen LogP contribution in [0.4, 0.5) is 0 Å². The van der Waals surface area contributed by atoms with E-state index >= 15 is 0 Å². The molecule has 1 aliphatic rings. The largest absolute Gasteiger partial charge is 0.351 e. The number of benzene rings is 1. The molecule has 0 aliphatic heterocycles. The molecule has 5 heteroatoms. The van der Waals surface area contributed by atoms with Crippen LogP contribution in [0.15, 0.2) is 60.4 Å². The van der Waals surface area contributed by atoms with E-state index in [1.165, 1.54) is 5.57 Å². The minimum absolute atomic E-state index is 0.00201. The van der Waals surface area contributed by atoms with E-state index in [4.69, 9.17) is 4.98 Å². The fourth-order valence-electron chi connectivity index (χ4n) is 4.65. The molecule has 3 atom stereocenters. The maximum Gasteiger partial charge on any atom is 0.251 e. The molecule has 2 aromatic heterocycles. The van der Waals surface area contributed by atoms with Gasteiger partial charge in [-0.2, -0.15) is 0 Å². The third-order valence-electron chi connectivity index (χ3n) is 6.39. The molecule has 2 heterocycles. The molecule has 30 heavy (non-hydrogen) atoms. The van der Waals surface area contributed by atoms with Crippen molar-refractivity contribution < 1.29 is 4.79 Å². The van der Waals surface area contributed by atoms with Gasteiger partial charge in [-0.3, -0.25) is 9.78 Å². The highest BCUT2D eigenvalue weighted by molar-refractivity contribution is 5.94. The summed E-state index contributed by atoms with van der Waals surface area (Å²) in [4.78, 5) is 24.8. The van der Waals surface area contributed by atoms with Gasteiger partial charge in [-0.1, -0.05) is 43.7 Å². The SMILES string of the molecule is CC1=C[C@@H](CNC(=O)c2ccccc2)[C@H](C(C)C)C[C@H]1Cc1nc2ccncc2[nH]1. The highest BCUT2D eigenvalue weighted by atomic mass is 16.1. The van der Waals surface area contributed by atoms with Crippen molar-refractivity contribution in [2.75, 3.05) is 6.54 Å². The number of amides is 1. The Morgan fingerprint density at radius 3 is 2.77 bits per heavy atom. The second-order valence-electron chi connectivity index (χ2n) is 8.77. The zero-order valence-corrected chi connectivity index (χ0v) is 17.9. The van der Waals surface area contributed by atoms with Crippen molar-refractivity contribution in [1.82, 2.24) is 20.3 Å². The number of rotatable bonds is 6. The average Bonchev–Trinajstić information content (AvgIpc) is 3.16. The number of imidazole rings is 1. The quantitative estimate of drug-likeness (QED) is 0.583. The number of hydrogen-bond donors (Lipinski definition) is 2. The van der Waals surface area contributed by atoms with E-state index in [9.17, 15) is 4.79 Å². The number of H-pyrrole nitrogens is 1. The van der Waals surface area contributed by atoms with Crippen molar-refractivity contribution in [2.45, 2.75) is 33.6 Å². The van der Waals surface area contributed by atoms with Crippen LogP contribution in [0.2, 0.25) is 0 Å². The van der Waals surface area contributed by atoms with Gasteiger partial charge in [-0.25, -0.2) is 4.98 Å². The third kappa shape index (κ3) is 4.45. The lowest BCUT2D eigenvalue weighted by atomic mass is 9.69. The van der Waals surface area contributed by atoms with Crippen LogP contribution in [-0.2, 0) is 6.42 Å². The summed E-state index contributed by atoms with van der Waals surface area (Å²) in [6, 6.07) is 11.4. The molecule has 5 nitrogen and oxygen atoms in total. The van der Waals surface area contributed by atoms with Gasteiger partial charge in [-0.05, 0) is 55.2 Å². The van der Waals surface area contributed by atoms with Gasteiger partial charge in [0.25, 0.3) is 5.91 Å².